The lowest BCUT2D eigenvalue weighted by atomic mass is 10.1. The van der Waals surface area contributed by atoms with E-state index in [0.29, 0.717) is 0 Å². The predicted octanol–water partition coefficient (Wildman–Crippen LogP) is 4.10. The summed E-state index contributed by atoms with van der Waals surface area (Å²) < 4.78 is 20.5. The van der Waals surface area contributed by atoms with Crippen molar-refractivity contribution in [3.63, 3.8) is 0 Å². The number of hydrogen-bond acceptors (Lipinski definition) is 3. The van der Waals surface area contributed by atoms with Crippen LogP contribution in [0, 0.1) is 5.82 Å². The third-order valence-electron chi connectivity index (χ3n) is 4.80. The van der Waals surface area contributed by atoms with Gasteiger partial charge in [0.1, 0.15) is 11.6 Å². The lowest BCUT2D eigenvalue weighted by molar-refractivity contribution is 0.261. The van der Waals surface area contributed by atoms with Gasteiger partial charge in [-0.3, -0.25) is 9.58 Å². The summed E-state index contributed by atoms with van der Waals surface area (Å²) >= 11 is 0. The van der Waals surface area contributed by atoms with Crippen molar-refractivity contribution >= 4 is 0 Å². The summed E-state index contributed by atoms with van der Waals surface area (Å²) in [7, 11) is 1.68. The smallest absolute Gasteiger partial charge is 0.123 e. The van der Waals surface area contributed by atoms with Gasteiger partial charge in [0.05, 0.1) is 18.5 Å². The van der Waals surface area contributed by atoms with Crippen LogP contribution >= 0.6 is 0 Å². The third kappa shape index (κ3) is 3.63. The average molecular weight is 351 g/mol. The zero-order valence-electron chi connectivity index (χ0n) is 14.9. The largest absolute Gasteiger partial charge is 0.497 e. The minimum Gasteiger partial charge on any atom is -0.497 e. The Kier molecular flexibility index (Phi) is 4.71. The molecule has 2 aromatic carbocycles. The summed E-state index contributed by atoms with van der Waals surface area (Å²) in [6, 6.07) is 16.9. The SMILES string of the molecule is COc1ccc(CN2CCCn3nc(-c4ccc(F)cc4)cc3C2)cc1. The van der Waals surface area contributed by atoms with Crippen molar-refractivity contribution < 1.29 is 9.13 Å². The highest BCUT2D eigenvalue weighted by Crippen LogP contribution is 2.23. The summed E-state index contributed by atoms with van der Waals surface area (Å²) in [4.78, 5) is 2.44. The molecule has 4 nitrogen and oxygen atoms in total. The van der Waals surface area contributed by atoms with Gasteiger partial charge < -0.3 is 4.74 Å². The van der Waals surface area contributed by atoms with E-state index in [0.717, 1.165) is 49.6 Å². The van der Waals surface area contributed by atoms with Gasteiger partial charge in [0.2, 0.25) is 0 Å². The molecule has 0 saturated heterocycles. The molecule has 0 radical (unpaired) electrons. The maximum absolute atomic E-state index is 13.1. The van der Waals surface area contributed by atoms with Crippen LogP contribution in [0.2, 0.25) is 0 Å². The Morgan fingerprint density at radius 2 is 1.81 bits per heavy atom. The van der Waals surface area contributed by atoms with Crippen molar-refractivity contribution in [3.8, 4) is 17.0 Å². The highest BCUT2D eigenvalue weighted by Gasteiger charge is 2.17. The van der Waals surface area contributed by atoms with Gasteiger partial charge in [0, 0.05) is 31.7 Å². The first-order valence-electron chi connectivity index (χ1n) is 8.89. The van der Waals surface area contributed by atoms with Gasteiger partial charge in [-0.25, -0.2) is 4.39 Å². The van der Waals surface area contributed by atoms with Crippen molar-refractivity contribution in [2.24, 2.45) is 0 Å². The number of halogens is 1. The molecular weight excluding hydrogens is 329 g/mol. The van der Waals surface area contributed by atoms with Gasteiger partial charge >= 0.3 is 0 Å². The van der Waals surface area contributed by atoms with Crippen LogP contribution in [0.1, 0.15) is 17.7 Å². The molecule has 0 spiro atoms. The van der Waals surface area contributed by atoms with E-state index in [2.05, 4.69) is 27.8 Å². The second-order valence-electron chi connectivity index (χ2n) is 6.66. The standard InChI is InChI=1S/C21H22FN3O/c1-26-20-9-3-16(4-10-20)14-24-11-2-12-25-19(15-24)13-21(23-25)17-5-7-18(22)8-6-17/h3-10,13H,2,11-12,14-15H2,1H3. The minimum atomic E-state index is -0.222. The van der Waals surface area contributed by atoms with Crippen molar-refractivity contribution in [1.82, 2.24) is 14.7 Å². The van der Waals surface area contributed by atoms with Crippen molar-refractivity contribution in [2.45, 2.75) is 26.1 Å². The quantitative estimate of drug-likeness (QED) is 0.709. The Labute approximate surface area is 152 Å². The Hall–Kier alpha value is -2.66. The van der Waals surface area contributed by atoms with Crippen LogP contribution < -0.4 is 4.74 Å². The van der Waals surface area contributed by atoms with Crippen molar-refractivity contribution in [2.75, 3.05) is 13.7 Å². The molecule has 1 aliphatic heterocycles. The molecule has 1 aliphatic rings. The molecule has 0 amide bonds. The number of benzene rings is 2. The predicted molar refractivity (Wildman–Crippen MR) is 99.3 cm³/mol. The molecule has 0 saturated carbocycles. The molecule has 2 heterocycles. The molecule has 0 fully saturated rings. The second kappa shape index (κ2) is 7.30. The van der Waals surface area contributed by atoms with E-state index in [1.807, 2.05) is 12.1 Å². The Bertz CT molecular complexity index is 871. The Morgan fingerprint density at radius 1 is 1.04 bits per heavy atom. The average Bonchev–Trinajstić information content (AvgIpc) is 2.96. The monoisotopic (exact) mass is 351 g/mol. The summed E-state index contributed by atoms with van der Waals surface area (Å²) in [6.07, 6.45) is 1.06. The molecule has 0 aliphatic carbocycles. The lowest BCUT2D eigenvalue weighted by Gasteiger charge is -2.19. The van der Waals surface area contributed by atoms with Crippen LogP contribution in [-0.2, 0) is 19.6 Å². The molecular formula is C21H22FN3O. The first-order chi connectivity index (χ1) is 12.7. The maximum Gasteiger partial charge on any atom is 0.123 e. The number of aromatic nitrogens is 2. The highest BCUT2D eigenvalue weighted by molar-refractivity contribution is 5.59. The van der Waals surface area contributed by atoms with Crippen molar-refractivity contribution in [3.05, 3.63) is 71.7 Å². The molecule has 134 valence electrons. The molecule has 0 unspecified atom stereocenters. The third-order valence-corrected chi connectivity index (χ3v) is 4.80. The normalized spacial score (nSPS) is 14.7. The maximum atomic E-state index is 13.1. The zero-order chi connectivity index (χ0) is 17.9. The fraction of sp³-hybridized carbons (Fsp3) is 0.286. The van der Waals surface area contributed by atoms with Crippen LogP contribution in [0.3, 0.4) is 0 Å². The zero-order valence-corrected chi connectivity index (χ0v) is 14.9. The van der Waals surface area contributed by atoms with E-state index in [1.165, 1.54) is 23.4 Å². The van der Waals surface area contributed by atoms with E-state index in [1.54, 1.807) is 19.2 Å². The molecule has 26 heavy (non-hydrogen) atoms. The number of aryl methyl sites for hydroxylation is 1. The summed E-state index contributed by atoms with van der Waals surface area (Å²) in [5.41, 5.74) is 4.34. The number of methoxy groups -OCH3 is 1. The topological polar surface area (TPSA) is 30.3 Å². The molecule has 5 heteroatoms. The van der Waals surface area contributed by atoms with Gasteiger partial charge in [-0.15, -0.1) is 0 Å². The Balaban J connectivity index is 1.51. The van der Waals surface area contributed by atoms with Gasteiger partial charge in [-0.1, -0.05) is 12.1 Å². The fourth-order valence-corrected chi connectivity index (χ4v) is 3.41. The van der Waals surface area contributed by atoms with Crippen LogP contribution in [-0.4, -0.2) is 28.3 Å². The van der Waals surface area contributed by atoms with E-state index < -0.39 is 0 Å². The van der Waals surface area contributed by atoms with E-state index in [-0.39, 0.29) is 5.82 Å². The number of rotatable bonds is 4. The summed E-state index contributed by atoms with van der Waals surface area (Å²) in [5, 5.41) is 4.73. The first-order valence-corrected chi connectivity index (χ1v) is 8.89. The number of nitrogens with zero attached hydrogens (tertiary/aromatic N) is 3. The van der Waals surface area contributed by atoms with E-state index >= 15 is 0 Å². The van der Waals surface area contributed by atoms with Gasteiger partial charge in [-0.05, 0) is 54.4 Å². The molecule has 0 atom stereocenters. The molecule has 0 N–H and O–H groups in total. The minimum absolute atomic E-state index is 0.222. The molecule has 3 aromatic rings. The van der Waals surface area contributed by atoms with Gasteiger partial charge in [0.15, 0.2) is 0 Å². The van der Waals surface area contributed by atoms with Gasteiger partial charge in [-0.2, -0.15) is 5.10 Å². The summed E-state index contributed by atoms with van der Waals surface area (Å²) in [5.74, 6) is 0.659. The molecule has 4 rings (SSSR count). The van der Waals surface area contributed by atoms with Crippen LogP contribution in [0.4, 0.5) is 4.39 Å². The van der Waals surface area contributed by atoms with E-state index in [9.17, 15) is 4.39 Å². The summed E-state index contributed by atoms with van der Waals surface area (Å²) in [6.45, 7) is 3.72. The number of fused-ring (bicyclic) bond motifs is 1. The Morgan fingerprint density at radius 3 is 2.54 bits per heavy atom. The van der Waals surface area contributed by atoms with Crippen LogP contribution in [0.15, 0.2) is 54.6 Å². The fourth-order valence-electron chi connectivity index (χ4n) is 3.41. The van der Waals surface area contributed by atoms with Crippen LogP contribution in [0.25, 0.3) is 11.3 Å². The lowest BCUT2D eigenvalue weighted by Crippen LogP contribution is -2.22. The van der Waals surface area contributed by atoms with Crippen LogP contribution in [0.5, 0.6) is 5.75 Å². The molecule has 1 aromatic heterocycles. The van der Waals surface area contributed by atoms with Crippen molar-refractivity contribution in [1.29, 1.82) is 0 Å². The molecule has 0 bridgehead atoms. The second-order valence-corrected chi connectivity index (χ2v) is 6.66. The highest BCUT2D eigenvalue weighted by atomic mass is 19.1. The van der Waals surface area contributed by atoms with E-state index in [4.69, 9.17) is 9.84 Å². The first kappa shape index (κ1) is 16.8. The van der Waals surface area contributed by atoms with Gasteiger partial charge in [0.25, 0.3) is 0 Å². The number of ether oxygens (including phenoxy) is 1. The number of hydrogen-bond donors (Lipinski definition) is 0.